The van der Waals surface area contributed by atoms with Crippen molar-refractivity contribution >= 4 is 38.4 Å². The van der Waals surface area contributed by atoms with E-state index in [1.807, 2.05) is 14.2 Å². The van der Waals surface area contributed by atoms with Crippen LogP contribution >= 0.6 is 17.2 Å². The Bertz CT molecular complexity index is 1170. The van der Waals surface area contributed by atoms with Crippen molar-refractivity contribution in [3.8, 4) is 11.5 Å². The zero-order valence-electron chi connectivity index (χ0n) is 27.4. The smallest absolute Gasteiger partial charge is 0.126 e. The van der Waals surface area contributed by atoms with Crippen LogP contribution in [0.1, 0.15) is 105 Å². The van der Waals surface area contributed by atoms with Crippen LogP contribution in [0.5, 0.6) is 11.5 Å². The molecule has 2 nitrogen and oxygen atoms in total. The zero-order valence-corrected chi connectivity index (χ0v) is 29.4. The Balaban J connectivity index is 2.14. The van der Waals surface area contributed by atoms with E-state index in [9.17, 15) is 0 Å². The Morgan fingerprint density at radius 1 is 0.450 bits per heavy atom. The van der Waals surface area contributed by atoms with Gasteiger partial charge >= 0.3 is 0 Å². The maximum Gasteiger partial charge on any atom is 0.126 e. The SMILES string of the molecule is COc1c(C(C)(C)C)cc(Pc2ccccc2Pc2cc(C(C)(C)C)c(OC)c(C(C)(C)C)c2)cc1C(C)(C)C. The van der Waals surface area contributed by atoms with E-state index >= 15 is 0 Å². The van der Waals surface area contributed by atoms with E-state index in [0.29, 0.717) is 17.2 Å². The van der Waals surface area contributed by atoms with Gasteiger partial charge in [0.2, 0.25) is 0 Å². The van der Waals surface area contributed by atoms with E-state index in [1.54, 1.807) is 0 Å². The van der Waals surface area contributed by atoms with Gasteiger partial charge in [-0.05, 0) is 67.1 Å². The molecule has 4 heteroatoms. The lowest BCUT2D eigenvalue weighted by Crippen LogP contribution is -2.26. The van der Waals surface area contributed by atoms with Crippen LogP contribution in [0, 0.1) is 0 Å². The summed E-state index contributed by atoms with van der Waals surface area (Å²) in [5.41, 5.74) is 5.08. The highest BCUT2D eigenvalue weighted by molar-refractivity contribution is 7.62. The minimum Gasteiger partial charge on any atom is -0.496 e. The molecule has 0 bridgehead atoms. The van der Waals surface area contributed by atoms with E-state index in [2.05, 4.69) is 132 Å². The molecule has 0 aliphatic carbocycles. The summed E-state index contributed by atoms with van der Waals surface area (Å²) in [6.45, 7) is 27.4. The lowest BCUT2D eigenvalue weighted by molar-refractivity contribution is 0.381. The van der Waals surface area contributed by atoms with E-state index in [-0.39, 0.29) is 21.7 Å². The minimum absolute atomic E-state index is 0.0110. The molecule has 0 saturated heterocycles. The first-order chi connectivity index (χ1) is 18.3. The Kier molecular flexibility index (Phi) is 9.61. The quantitative estimate of drug-likeness (QED) is 0.275. The van der Waals surface area contributed by atoms with E-state index in [4.69, 9.17) is 9.47 Å². The first-order valence-electron chi connectivity index (χ1n) is 14.4. The van der Waals surface area contributed by atoms with Crippen molar-refractivity contribution in [2.45, 2.75) is 105 Å². The standard InChI is InChI=1S/C36H52O2P2/c1-33(2,3)25-19-23(20-26(31(25)37-13)34(4,5)6)39-29-17-15-16-18-30(29)40-24-21-27(35(7,8)9)32(38-14)28(22-24)36(10,11)12/h15-22,39-40H,1-14H3. The fraction of sp³-hybridized carbons (Fsp3) is 0.500. The second-order valence-electron chi connectivity index (χ2n) is 15.0. The third-order valence-electron chi connectivity index (χ3n) is 7.30. The third-order valence-corrected chi connectivity index (χ3v) is 10.1. The highest BCUT2D eigenvalue weighted by Gasteiger charge is 2.29. The molecule has 2 unspecified atom stereocenters. The molecule has 3 aromatic rings. The monoisotopic (exact) mass is 578 g/mol. The summed E-state index contributed by atoms with van der Waals surface area (Å²) in [5.74, 6) is 2.07. The van der Waals surface area contributed by atoms with Gasteiger partial charge < -0.3 is 9.47 Å². The predicted molar refractivity (Wildman–Crippen MR) is 182 cm³/mol. The van der Waals surface area contributed by atoms with Crippen LogP contribution in [0.4, 0.5) is 0 Å². The molecule has 218 valence electrons. The van der Waals surface area contributed by atoms with Crippen LogP contribution in [0.2, 0.25) is 0 Å². The van der Waals surface area contributed by atoms with Gasteiger partial charge in [-0.3, -0.25) is 0 Å². The number of ether oxygens (including phenoxy) is 2. The van der Waals surface area contributed by atoms with Crippen molar-refractivity contribution in [3.63, 3.8) is 0 Å². The second-order valence-corrected chi connectivity index (χ2v) is 17.7. The van der Waals surface area contributed by atoms with Gasteiger partial charge in [-0.1, -0.05) is 125 Å². The van der Waals surface area contributed by atoms with Gasteiger partial charge in [0.05, 0.1) is 14.2 Å². The van der Waals surface area contributed by atoms with Gasteiger partial charge in [0.15, 0.2) is 0 Å². The van der Waals surface area contributed by atoms with Crippen molar-refractivity contribution in [1.82, 2.24) is 0 Å². The molecule has 0 heterocycles. The topological polar surface area (TPSA) is 18.5 Å². The second kappa shape index (κ2) is 11.8. The summed E-state index contributed by atoms with van der Waals surface area (Å²) >= 11 is 0. The Labute approximate surface area is 248 Å². The molecule has 0 fully saturated rings. The summed E-state index contributed by atoms with van der Waals surface area (Å²) in [6.07, 6.45) is 0. The van der Waals surface area contributed by atoms with Crippen molar-refractivity contribution in [2.75, 3.05) is 14.2 Å². The Hall–Kier alpha value is -1.88. The molecule has 0 aliphatic heterocycles. The maximum absolute atomic E-state index is 6.03. The van der Waals surface area contributed by atoms with Crippen LogP contribution in [-0.2, 0) is 21.7 Å². The number of hydrogen-bond acceptors (Lipinski definition) is 2. The highest BCUT2D eigenvalue weighted by Crippen LogP contribution is 2.41. The molecule has 3 rings (SSSR count). The summed E-state index contributed by atoms with van der Waals surface area (Å²) in [6, 6.07) is 18.5. The van der Waals surface area contributed by atoms with Crippen LogP contribution in [0.3, 0.4) is 0 Å². The van der Waals surface area contributed by atoms with E-state index < -0.39 is 0 Å². The summed E-state index contributed by atoms with van der Waals surface area (Å²) < 4.78 is 12.1. The third kappa shape index (κ3) is 7.49. The summed E-state index contributed by atoms with van der Waals surface area (Å²) in [5, 5.41) is 5.56. The lowest BCUT2D eigenvalue weighted by Gasteiger charge is -2.30. The van der Waals surface area contributed by atoms with E-state index in [0.717, 1.165) is 11.5 Å². The largest absolute Gasteiger partial charge is 0.496 e. The van der Waals surface area contributed by atoms with Crippen molar-refractivity contribution < 1.29 is 9.47 Å². The Morgan fingerprint density at radius 2 is 0.700 bits per heavy atom. The molecule has 0 radical (unpaired) electrons. The van der Waals surface area contributed by atoms with Gasteiger partial charge in [-0.25, -0.2) is 0 Å². The van der Waals surface area contributed by atoms with Crippen molar-refractivity contribution in [3.05, 3.63) is 70.8 Å². The van der Waals surface area contributed by atoms with Gasteiger partial charge in [0, 0.05) is 22.3 Å². The number of rotatable bonds is 6. The molecule has 3 aromatic carbocycles. The number of methoxy groups -OCH3 is 2. The fourth-order valence-corrected chi connectivity index (χ4v) is 7.74. The molecule has 2 atom stereocenters. The fourth-order valence-electron chi connectivity index (χ4n) is 5.08. The molecule has 0 aliphatic rings. The molecule has 40 heavy (non-hydrogen) atoms. The normalized spacial score (nSPS) is 13.6. The van der Waals surface area contributed by atoms with Crippen LogP contribution in [0.15, 0.2) is 48.5 Å². The van der Waals surface area contributed by atoms with Crippen LogP contribution in [-0.4, -0.2) is 14.2 Å². The number of benzene rings is 3. The molecular formula is C36H52O2P2. The minimum atomic E-state index is -0.0110. The van der Waals surface area contributed by atoms with Crippen LogP contribution in [0.25, 0.3) is 0 Å². The van der Waals surface area contributed by atoms with E-state index in [1.165, 1.54) is 43.5 Å². The molecule has 0 saturated carbocycles. The van der Waals surface area contributed by atoms with Gasteiger partial charge in [0.25, 0.3) is 0 Å². The summed E-state index contributed by atoms with van der Waals surface area (Å²) in [4.78, 5) is 0. The molecule has 0 spiro atoms. The number of hydrogen-bond donors (Lipinski definition) is 0. The van der Waals surface area contributed by atoms with Gasteiger partial charge in [-0.2, -0.15) is 0 Å². The molecule has 0 N–H and O–H groups in total. The molecular weight excluding hydrogens is 526 g/mol. The highest BCUT2D eigenvalue weighted by atomic mass is 31.1. The predicted octanol–water partition coefficient (Wildman–Crippen LogP) is 8.15. The van der Waals surface area contributed by atoms with Gasteiger partial charge in [-0.15, -0.1) is 0 Å². The van der Waals surface area contributed by atoms with Crippen molar-refractivity contribution in [2.24, 2.45) is 0 Å². The lowest BCUT2D eigenvalue weighted by atomic mass is 9.79. The molecule has 0 amide bonds. The van der Waals surface area contributed by atoms with Crippen LogP contribution < -0.4 is 30.7 Å². The first kappa shape index (κ1) is 32.6. The van der Waals surface area contributed by atoms with Crippen molar-refractivity contribution in [1.29, 1.82) is 0 Å². The average molecular weight is 579 g/mol. The van der Waals surface area contributed by atoms with Gasteiger partial charge in [0.1, 0.15) is 11.5 Å². The maximum atomic E-state index is 6.03. The molecule has 0 aromatic heterocycles. The summed E-state index contributed by atoms with van der Waals surface area (Å²) in [7, 11) is 4.77. The average Bonchev–Trinajstić information content (AvgIpc) is 2.82. The Morgan fingerprint density at radius 3 is 0.900 bits per heavy atom. The zero-order chi connectivity index (χ0) is 30.3. The first-order valence-corrected chi connectivity index (χ1v) is 16.4.